The van der Waals surface area contributed by atoms with E-state index in [9.17, 15) is 15.0 Å². The van der Waals surface area contributed by atoms with Crippen LogP contribution in [-0.2, 0) is 16.6 Å². The third-order valence-corrected chi connectivity index (χ3v) is 7.45. The van der Waals surface area contributed by atoms with E-state index in [1.54, 1.807) is 6.07 Å². The third kappa shape index (κ3) is 1.72. The molecular formula is C20H24ClNO4. The Morgan fingerprint density at radius 2 is 2.19 bits per heavy atom. The maximum Gasteiger partial charge on any atom is 0.174 e. The number of aromatic hydroxyl groups is 1. The second-order valence-corrected chi connectivity index (χ2v) is 8.45. The molecule has 2 aliphatic carbocycles. The molecule has 4 aliphatic rings. The highest BCUT2D eigenvalue weighted by molar-refractivity contribution is 5.90. The van der Waals surface area contributed by atoms with E-state index < -0.39 is 17.1 Å². The molecule has 1 saturated carbocycles. The molecule has 2 bridgehead atoms. The van der Waals surface area contributed by atoms with E-state index in [1.807, 2.05) is 12.1 Å². The second-order valence-electron chi connectivity index (χ2n) is 8.45. The van der Waals surface area contributed by atoms with E-state index in [1.165, 1.54) is 0 Å². The highest BCUT2D eigenvalue weighted by Crippen LogP contribution is 2.65. The number of hydrogen-bond donors (Lipinski definition) is 2. The number of likely N-dealkylation sites (N-methyl/N-ethyl adjacent to an activating group) is 1. The number of Topliss-reactive ketones (excluding diaryl/α,β-unsaturated/α-hetero) is 1. The minimum atomic E-state index is -0.992. The molecule has 0 aromatic heterocycles. The number of ether oxygens (including phenoxy) is 1. The number of benzene rings is 1. The van der Waals surface area contributed by atoms with Crippen LogP contribution in [0.1, 0.15) is 30.4 Å². The Kier molecular flexibility index (Phi) is 3.60. The summed E-state index contributed by atoms with van der Waals surface area (Å²) in [5.41, 5.74) is 0.295. The molecule has 0 amide bonds. The maximum atomic E-state index is 12.7. The number of hydrogen-bond acceptors (Lipinski definition) is 4. The standard InChI is InChI=1S/C20H23NO4.ClH/c1-3-9-21(2)10-8-19-16-12-4-5-13(22)17(16)25-18(19)14(23)6-7-20(19,24)15(21)11-12;/h3-5,15,18,24H,1,6-11H2,2H3;1H/t15-,18+,19+,20-,21?;/m1./s1. The van der Waals surface area contributed by atoms with Gasteiger partial charge in [0.25, 0.3) is 0 Å². The summed E-state index contributed by atoms with van der Waals surface area (Å²) in [7, 11) is 2.19. The van der Waals surface area contributed by atoms with Crippen molar-refractivity contribution in [1.82, 2.24) is 0 Å². The number of ketones is 1. The summed E-state index contributed by atoms with van der Waals surface area (Å²) in [5, 5.41) is 22.3. The average molecular weight is 378 g/mol. The van der Waals surface area contributed by atoms with Gasteiger partial charge in [-0.2, -0.15) is 0 Å². The monoisotopic (exact) mass is 377 g/mol. The van der Waals surface area contributed by atoms with E-state index in [0.29, 0.717) is 25.0 Å². The number of halogens is 1. The molecule has 2 N–H and O–H groups in total. The molecule has 5 nitrogen and oxygen atoms in total. The lowest BCUT2D eigenvalue weighted by atomic mass is 9.48. The second kappa shape index (κ2) is 5.24. The first-order valence-corrected chi connectivity index (χ1v) is 9.09. The van der Waals surface area contributed by atoms with Gasteiger partial charge in [-0.3, -0.25) is 4.79 Å². The normalized spacial score (nSPS) is 41.7. The summed E-state index contributed by atoms with van der Waals surface area (Å²) in [6, 6.07) is 3.60. The number of phenols is 1. The zero-order valence-electron chi connectivity index (χ0n) is 14.9. The Morgan fingerprint density at radius 3 is 2.92 bits per heavy atom. The Morgan fingerprint density at radius 1 is 1.42 bits per heavy atom. The molecule has 5 atom stereocenters. The van der Waals surface area contributed by atoms with E-state index in [2.05, 4.69) is 13.6 Å². The van der Waals surface area contributed by atoms with Gasteiger partial charge in [0.2, 0.25) is 0 Å². The summed E-state index contributed by atoms with van der Waals surface area (Å²) in [5.74, 6) is 0.547. The van der Waals surface area contributed by atoms with Crippen molar-refractivity contribution in [3.05, 3.63) is 35.9 Å². The fraction of sp³-hybridized carbons (Fsp3) is 0.550. The van der Waals surface area contributed by atoms with Crippen molar-refractivity contribution in [1.29, 1.82) is 0 Å². The van der Waals surface area contributed by atoms with Crippen molar-refractivity contribution >= 4 is 5.78 Å². The van der Waals surface area contributed by atoms with Crippen molar-refractivity contribution in [3.63, 3.8) is 0 Å². The minimum absolute atomic E-state index is 0. The Hall–Kier alpha value is -1.56. The molecule has 2 aliphatic heterocycles. The predicted octanol–water partition coefficient (Wildman–Crippen LogP) is -1.55. The van der Waals surface area contributed by atoms with E-state index in [0.717, 1.165) is 35.1 Å². The summed E-state index contributed by atoms with van der Waals surface area (Å²) in [6.07, 6.45) is 3.47. The molecule has 2 heterocycles. The van der Waals surface area contributed by atoms with Crippen LogP contribution in [0.15, 0.2) is 24.8 Å². The van der Waals surface area contributed by atoms with Crippen LogP contribution in [0.3, 0.4) is 0 Å². The molecule has 140 valence electrons. The van der Waals surface area contributed by atoms with Crippen LogP contribution in [0.2, 0.25) is 0 Å². The molecule has 1 unspecified atom stereocenters. The molecule has 1 spiro atoms. The Labute approximate surface area is 159 Å². The molecule has 26 heavy (non-hydrogen) atoms. The van der Waals surface area contributed by atoms with Crippen molar-refractivity contribution in [2.75, 3.05) is 20.1 Å². The van der Waals surface area contributed by atoms with Crippen LogP contribution in [0, 0.1) is 0 Å². The molecule has 1 aromatic rings. The highest BCUT2D eigenvalue weighted by atomic mass is 35.5. The van der Waals surface area contributed by atoms with Gasteiger partial charge in [0.05, 0.1) is 25.6 Å². The first-order chi connectivity index (χ1) is 11.9. The number of quaternary nitrogens is 1. The zero-order valence-corrected chi connectivity index (χ0v) is 15.6. The van der Waals surface area contributed by atoms with Crippen LogP contribution in [0.4, 0.5) is 0 Å². The SMILES string of the molecule is C=CC[N+]1(C)CC[C@]23c4c5ccc(O)c4O[C@H]2C(=O)CC[C@@]3(O)[C@H]1C5.[Cl-]. The van der Waals surface area contributed by atoms with E-state index in [-0.39, 0.29) is 30.0 Å². The maximum absolute atomic E-state index is 12.7. The number of aliphatic hydroxyl groups is 1. The summed E-state index contributed by atoms with van der Waals surface area (Å²) in [4.78, 5) is 12.7. The van der Waals surface area contributed by atoms with Crippen molar-refractivity contribution in [2.24, 2.45) is 0 Å². The molecule has 0 radical (unpaired) electrons. The summed E-state index contributed by atoms with van der Waals surface area (Å²) >= 11 is 0. The van der Waals surface area contributed by atoms with Gasteiger partial charge < -0.3 is 31.8 Å². The number of nitrogens with zero attached hydrogens (tertiary/aromatic N) is 1. The molecular weight excluding hydrogens is 354 g/mol. The third-order valence-electron chi connectivity index (χ3n) is 7.45. The van der Waals surface area contributed by atoms with Gasteiger partial charge in [-0.05, 0) is 24.1 Å². The predicted molar refractivity (Wildman–Crippen MR) is 91.6 cm³/mol. The van der Waals surface area contributed by atoms with E-state index >= 15 is 0 Å². The van der Waals surface area contributed by atoms with Gasteiger partial charge in [-0.25, -0.2) is 0 Å². The molecule has 6 heteroatoms. The topological polar surface area (TPSA) is 66.8 Å². The number of rotatable bonds is 2. The summed E-state index contributed by atoms with van der Waals surface area (Å²) < 4.78 is 6.76. The van der Waals surface area contributed by atoms with Crippen molar-refractivity contribution < 1.29 is 36.6 Å². The van der Waals surface area contributed by atoms with Gasteiger partial charge >= 0.3 is 0 Å². The van der Waals surface area contributed by atoms with Gasteiger partial charge in [0.15, 0.2) is 23.4 Å². The first kappa shape index (κ1) is 17.8. The lowest BCUT2D eigenvalue weighted by molar-refractivity contribution is -0.944. The van der Waals surface area contributed by atoms with Crippen molar-refractivity contribution in [2.45, 2.75) is 48.8 Å². The lowest BCUT2D eigenvalue weighted by Crippen LogP contribution is -3.00. The largest absolute Gasteiger partial charge is 1.00 e. The number of piperidine rings is 1. The van der Waals surface area contributed by atoms with Crippen LogP contribution in [-0.4, -0.2) is 58.4 Å². The first-order valence-electron chi connectivity index (χ1n) is 9.09. The van der Waals surface area contributed by atoms with Crippen LogP contribution in [0.5, 0.6) is 11.5 Å². The van der Waals surface area contributed by atoms with Gasteiger partial charge in [-0.1, -0.05) is 12.6 Å². The van der Waals surface area contributed by atoms with Gasteiger partial charge in [0.1, 0.15) is 11.6 Å². The quantitative estimate of drug-likeness (QED) is 0.484. The molecule has 1 saturated heterocycles. The van der Waals surface area contributed by atoms with Crippen LogP contribution >= 0.6 is 0 Å². The summed E-state index contributed by atoms with van der Waals surface area (Å²) in [6.45, 7) is 5.57. The lowest BCUT2D eigenvalue weighted by Gasteiger charge is -2.64. The smallest absolute Gasteiger partial charge is 0.174 e. The molecule has 1 aromatic carbocycles. The fourth-order valence-corrected chi connectivity index (χ4v) is 6.34. The molecule has 2 fully saturated rings. The minimum Gasteiger partial charge on any atom is -1.00 e. The Balaban J connectivity index is 0.00000168. The number of likely N-dealkylation sites (tertiary alicyclic amines) is 1. The fourth-order valence-electron chi connectivity index (χ4n) is 6.34. The number of carbonyl (C=O) groups excluding carboxylic acids is 1. The number of phenolic OH excluding ortho intramolecular Hbond substituents is 1. The number of carbonyl (C=O) groups is 1. The molecule has 5 rings (SSSR count). The van der Waals surface area contributed by atoms with Crippen LogP contribution in [0.25, 0.3) is 0 Å². The van der Waals surface area contributed by atoms with E-state index in [4.69, 9.17) is 4.74 Å². The zero-order chi connectivity index (χ0) is 17.6. The Bertz CT molecular complexity index is 826. The van der Waals surface area contributed by atoms with Crippen molar-refractivity contribution in [3.8, 4) is 11.5 Å². The highest BCUT2D eigenvalue weighted by Gasteiger charge is 2.76. The van der Waals surface area contributed by atoms with Gasteiger partial charge in [0, 0.05) is 24.8 Å². The van der Waals surface area contributed by atoms with Crippen LogP contribution < -0.4 is 17.1 Å². The van der Waals surface area contributed by atoms with Gasteiger partial charge in [-0.15, -0.1) is 0 Å². The average Bonchev–Trinajstić information content (AvgIpc) is 2.93.